The van der Waals surface area contributed by atoms with Crippen LogP contribution in [0.3, 0.4) is 0 Å². The van der Waals surface area contributed by atoms with Gasteiger partial charge < -0.3 is 15.2 Å². The minimum absolute atomic E-state index is 0.117. The monoisotopic (exact) mass is 226 g/mol. The maximum atomic E-state index is 13.3. The molecule has 4 nitrogen and oxygen atoms in total. The highest BCUT2D eigenvalue weighted by molar-refractivity contribution is 5.38. The molecule has 1 saturated heterocycles. The molecule has 0 unspecified atom stereocenters. The Hall–Kier alpha value is -1.36. The van der Waals surface area contributed by atoms with Gasteiger partial charge in [-0.2, -0.15) is 4.98 Å². The number of aromatic nitrogens is 1. The van der Waals surface area contributed by atoms with Crippen LogP contribution in [0.2, 0.25) is 0 Å². The quantitative estimate of drug-likeness (QED) is 0.824. The van der Waals surface area contributed by atoms with Gasteiger partial charge in [0.2, 0.25) is 5.88 Å². The number of hydrogen-bond donors (Lipinski definition) is 2. The molecule has 0 saturated carbocycles. The van der Waals surface area contributed by atoms with Gasteiger partial charge in [0.25, 0.3) is 0 Å². The smallest absolute Gasteiger partial charge is 0.212 e. The minimum atomic E-state index is -0.440. The topological polar surface area (TPSA) is 54.4 Å². The van der Waals surface area contributed by atoms with Gasteiger partial charge >= 0.3 is 0 Å². The SMILES string of the molecule is Oc1ccc(F)c(NCC2CCOCC2)n1. The zero-order chi connectivity index (χ0) is 11.4. The van der Waals surface area contributed by atoms with Crippen LogP contribution in [-0.4, -0.2) is 29.8 Å². The van der Waals surface area contributed by atoms with Crippen molar-refractivity contribution < 1.29 is 14.2 Å². The molecule has 88 valence electrons. The van der Waals surface area contributed by atoms with Gasteiger partial charge in [0.15, 0.2) is 11.6 Å². The van der Waals surface area contributed by atoms with Crippen molar-refractivity contribution in [2.75, 3.05) is 25.1 Å². The first kappa shape index (κ1) is 11.1. The average Bonchev–Trinajstić information content (AvgIpc) is 2.32. The molecule has 0 bridgehead atoms. The molecule has 5 heteroatoms. The van der Waals surface area contributed by atoms with Crippen LogP contribution in [0.5, 0.6) is 5.88 Å². The molecule has 0 atom stereocenters. The molecule has 1 aromatic rings. The summed E-state index contributed by atoms with van der Waals surface area (Å²) in [5.41, 5.74) is 0. The van der Waals surface area contributed by atoms with Gasteiger partial charge in [-0.3, -0.25) is 0 Å². The summed E-state index contributed by atoms with van der Waals surface area (Å²) in [7, 11) is 0. The van der Waals surface area contributed by atoms with E-state index < -0.39 is 5.82 Å². The fourth-order valence-electron chi connectivity index (χ4n) is 1.75. The number of nitrogens with one attached hydrogen (secondary N) is 1. The van der Waals surface area contributed by atoms with Crippen LogP contribution in [0.4, 0.5) is 10.2 Å². The molecule has 0 aromatic carbocycles. The Balaban J connectivity index is 1.90. The second-order valence-corrected chi connectivity index (χ2v) is 3.94. The predicted octanol–water partition coefficient (Wildman–Crippen LogP) is 1.76. The molecule has 1 aliphatic rings. The lowest BCUT2D eigenvalue weighted by Gasteiger charge is -2.22. The zero-order valence-electron chi connectivity index (χ0n) is 8.95. The zero-order valence-corrected chi connectivity index (χ0v) is 8.95. The van der Waals surface area contributed by atoms with Gasteiger partial charge in [0, 0.05) is 25.8 Å². The maximum absolute atomic E-state index is 13.3. The van der Waals surface area contributed by atoms with Gasteiger partial charge in [-0.05, 0) is 24.8 Å². The van der Waals surface area contributed by atoms with E-state index in [0.717, 1.165) is 26.1 Å². The van der Waals surface area contributed by atoms with E-state index in [0.29, 0.717) is 12.5 Å². The highest BCUT2D eigenvalue weighted by Gasteiger charge is 2.14. The third kappa shape index (κ3) is 2.82. The molecular formula is C11H15FN2O2. The number of rotatable bonds is 3. The molecule has 0 aliphatic carbocycles. The highest BCUT2D eigenvalue weighted by Crippen LogP contribution is 2.18. The average molecular weight is 226 g/mol. The number of ether oxygens (including phenoxy) is 1. The lowest BCUT2D eigenvalue weighted by Crippen LogP contribution is -2.23. The van der Waals surface area contributed by atoms with Crippen LogP contribution in [0.25, 0.3) is 0 Å². The molecule has 0 amide bonds. The molecule has 1 aromatic heterocycles. The largest absolute Gasteiger partial charge is 0.493 e. The first-order valence-electron chi connectivity index (χ1n) is 5.43. The van der Waals surface area contributed by atoms with Crippen molar-refractivity contribution in [1.82, 2.24) is 4.98 Å². The summed E-state index contributed by atoms with van der Waals surface area (Å²) in [6.45, 7) is 2.20. The van der Waals surface area contributed by atoms with E-state index in [1.165, 1.54) is 12.1 Å². The lowest BCUT2D eigenvalue weighted by molar-refractivity contribution is 0.0699. The summed E-state index contributed by atoms with van der Waals surface area (Å²) in [6.07, 6.45) is 1.96. The molecule has 0 radical (unpaired) electrons. The first-order chi connectivity index (χ1) is 7.75. The summed E-state index contributed by atoms with van der Waals surface area (Å²) >= 11 is 0. The van der Waals surface area contributed by atoms with Gasteiger partial charge in [0.1, 0.15) is 0 Å². The van der Waals surface area contributed by atoms with E-state index in [4.69, 9.17) is 9.84 Å². The van der Waals surface area contributed by atoms with Crippen LogP contribution in [0.15, 0.2) is 12.1 Å². The van der Waals surface area contributed by atoms with Gasteiger partial charge in [-0.1, -0.05) is 0 Å². The van der Waals surface area contributed by atoms with Crippen LogP contribution in [0.1, 0.15) is 12.8 Å². The molecule has 2 N–H and O–H groups in total. The number of aromatic hydroxyl groups is 1. The maximum Gasteiger partial charge on any atom is 0.212 e. The molecule has 2 rings (SSSR count). The molecule has 2 heterocycles. The van der Waals surface area contributed by atoms with Crippen LogP contribution in [-0.2, 0) is 4.74 Å². The third-order valence-electron chi connectivity index (χ3n) is 2.73. The predicted molar refractivity (Wildman–Crippen MR) is 57.9 cm³/mol. The van der Waals surface area contributed by atoms with Gasteiger partial charge in [0.05, 0.1) is 0 Å². The molecule has 1 aliphatic heterocycles. The molecule has 16 heavy (non-hydrogen) atoms. The first-order valence-corrected chi connectivity index (χ1v) is 5.43. The van der Waals surface area contributed by atoms with Crippen molar-refractivity contribution >= 4 is 5.82 Å². The Morgan fingerprint density at radius 2 is 2.19 bits per heavy atom. The number of anilines is 1. The Labute approximate surface area is 93.5 Å². The fourth-order valence-corrected chi connectivity index (χ4v) is 1.75. The van der Waals surface area contributed by atoms with Gasteiger partial charge in [-0.15, -0.1) is 0 Å². The summed E-state index contributed by atoms with van der Waals surface area (Å²) in [5.74, 6) is -0.00970. The number of nitrogens with zero attached hydrogens (tertiary/aromatic N) is 1. The van der Waals surface area contributed by atoms with Crippen molar-refractivity contribution in [3.63, 3.8) is 0 Å². The second kappa shape index (κ2) is 5.12. The second-order valence-electron chi connectivity index (χ2n) is 3.94. The highest BCUT2D eigenvalue weighted by atomic mass is 19.1. The van der Waals surface area contributed by atoms with Crippen molar-refractivity contribution in [3.05, 3.63) is 17.9 Å². The van der Waals surface area contributed by atoms with Crippen LogP contribution < -0.4 is 5.32 Å². The number of hydrogen-bond acceptors (Lipinski definition) is 4. The van der Waals surface area contributed by atoms with E-state index in [-0.39, 0.29) is 11.7 Å². The van der Waals surface area contributed by atoms with Crippen molar-refractivity contribution in [1.29, 1.82) is 0 Å². The van der Waals surface area contributed by atoms with E-state index >= 15 is 0 Å². The van der Waals surface area contributed by atoms with Crippen LogP contribution in [0, 0.1) is 11.7 Å². The van der Waals surface area contributed by atoms with Crippen molar-refractivity contribution in [2.24, 2.45) is 5.92 Å². The fraction of sp³-hybridized carbons (Fsp3) is 0.545. The Morgan fingerprint density at radius 1 is 1.44 bits per heavy atom. The number of pyridine rings is 1. The number of halogens is 1. The normalized spacial score (nSPS) is 17.3. The van der Waals surface area contributed by atoms with E-state index in [9.17, 15) is 4.39 Å². The summed E-state index contributed by atoms with van der Waals surface area (Å²) in [4.78, 5) is 3.70. The van der Waals surface area contributed by atoms with E-state index in [2.05, 4.69) is 10.3 Å². The molecular weight excluding hydrogens is 211 g/mol. The van der Waals surface area contributed by atoms with Gasteiger partial charge in [-0.25, -0.2) is 4.39 Å². The van der Waals surface area contributed by atoms with Crippen molar-refractivity contribution in [3.8, 4) is 5.88 Å². The summed E-state index contributed by atoms with van der Waals surface area (Å²) < 4.78 is 18.5. The van der Waals surface area contributed by atoms with E-state index in [1.54, 1.807) is 0 Å². The van der Waals surface area contributed by atoms with E-state index in [1.807, 2.05) is 0 Å². The Kier molecular flexibility index (Phi) is 3.56. The Bertz CT molecular complexity index is 354. The summed E-state index contributed by atoms with van der Waals surface area (Å²) in [6, 6.07) is 2.43. The van der Waals surface area contributed by atoms with Crippen molar-refractivity contribution in [2.45, 2.75) is 12.8 Å². The third-order valence-corrected chi connectivity index (χ3v) is 2.73. The Morgan fingerprint density at radius 3 is 2.94 bits per heavy atom. The molecule has 1 fully saturated rings. The minimum Gasteiger partial charge on any atom is -0.493 e. The van der Waals surface area contributed by atoms with Crippen LogP contribution >= 0.6 is 0 Å². The lowest BCUT2D eigenvalue weighted by atomic mass is 10.0. The standard InChI is InChI=1S/C11H15FN2O2/c12-9-1-2-10(15)14-11(9)13-7-8-3-5-16-6-4-8/h1-2,8H,3-7H2,(H2,13,14,15). The molecule has 0 spiro atoms. The summed E-state index contributed by atoms with van der Waals surface area (Å²) in [5, 5.41) is 12.1.